The molecule has 25 heavy (non-hydrogen) atoms. The fourth-order valence-electron chi connectivity index (χ4n) is 2.52. The number of amides is 2. The van der Waals surface area contributed by atoms with Gasteiger partial charge in [0.15, 0.2) is 0 Å². The van der Waals surface area contributed by atoms with Crippen LogP contribution < -0.4 is 15.0 Å². The molecule has 5 nitrogen and oxygen atoms in total. The van der Waals surface area contributed by atoms with Gasteiger partial charge < -0.3 is 15.0 Å². The van der Waals surface area contributed by atoms with Crippen LogP contribution in [0.15, 0.2) is 42.5 Å². The van der Waals surface area contributed by atoms with Gasteiger partial charge in [0.1, 0.15) is 12.3 Å². The molecule has 0 saturated heterocycles. The largest absolute Gasteiger partial charge is 0.494 e. The van der Waals surface area contributed by atoms with Gasteiger partial charge in [-0.25, -0.2) is 0 Å². The van der Waals surface area contributed by atoms with Crippen LogP contribution in [0, 0.1) is 13.8 Å². The highest BCUT2D eigenvalue weighted by Gasteiger charge is 2.18. The van der Waals surface area contributed by atoms with E-state index in [0.29, 0.717) is 12.3 Å². The average Bonchev–Trinajstić information content (AvgIpc) is 2.57. The van der Waals surface area contributed by atoms with Crippen molar-refractivity contribution in [1.29, 1.82) is 0 Å². The summed E-state index contributed by atoms with van der Waals surface area (Å²) in [4.78, 5) is 25.9. The number of anilines is 2. The molecule has 0 atom stereocenters. The topological polar surface area (TPSA) is 58.6 Å². The molecule has 0 unspecified atom stereocenters. The van der Waals surface area contributed by atoms with Crippen molar-refractivity contribution in [2.75, 3.05) is 23.4 Å². The highest BCUT2D eigenvalue weighted by atomic mass is 16.5. The number of carbonyl (C=O) groups is 2. The van der Waals surface area contributed by atoms with Crippen LogP contribution in [0.2, 0.25) is 0 Å². The van der Waals surface area contributed by atoms with Crippen LogP contribution in [0.25, 0.3) is 0 Å². The Bertz CT molecular complexity index is 754. The lowest BCUT2D eigenvalue weighted by Gasteiger charge is -2.23. The van der Waals surface area contributed by atoms with Crippen molar-refractivity contribution in [3.63, 3.8) is 0 Å². The van der Waals surface area contributed by atoms with Gasteiger partial charge in [-0.2, -0.15) is 0 Å². The zero-order chi connectivity index (χ0) is 18.4. The fraction of sp³-hybridized carbons (Fsp3) is 0.300. The number of nitrogens with zero attached hydrogens (tertiary/aromatic N) is 1. The van der Waals surface area contributed by atoms with E-state index in [-0.39, 0.29) is 18.4 Å². The maximum atomic E-state index is 12.4. The molecule has 132 valence electrons. The smallest absolute Gasteiger partial charge is 0.244 e. The molecule has 0 aromatic heterocycles. The Morgan fingerprint density at radius 3 is 2.36 bits per heavy atom. The molecule has 5 heteroatoms. The lowest BCUT2D eigenvalue weighted by Crippen LogP contribution is -2.37. The Morgan fingerprint density at radius 1 is 1.08 bits per heavy atom. The van der Waals surface area contributed by atoms with E-state index in [9.17, 15) is 9.59 Å². The maximum absolute atomic E-state index is 12.4. The Labute approximate surface area is 148 Å². The van der Waals surface area contributed by atoms with Crippen molar-refractivity contribution in [1.82, 2.24) is 0 Å². The summed E-state index contributed by atoms with van der Waals surface area (Å²) in [6, 6.07) is 13.0. The van der Waals surface area contributed by atoms with Gasteiger partial charge in [-0.15, -0.1) is 0 Å². The first-order valence-corrected chi connectivity index (χ1v) is 8.28. The van der Waals surface area contributed by atoms with Crippen molar-refractivity contribution < 1.29 is 14.3 Å². The minimum atomic E-state index is -0.250. The second-order valence-corrected chi connectivity index (χ2v) is 5.90. The number of nitrogens with one attached hydrogen (secondary N) is 1. The van der Waals surface area contributed by atoms with Crippen LogP contribution in [0.5, 0.6) is 5.75 Å². The normalized spacial score (nSPS) is 10.2. The lowest BCUT2D eigenvalue weighted by molar-refractivity contribution is -0.120. The molecule has 0 aliphatic heterocycles. The highest BCUT2D eigenvalue weighted by Crippen LogP contribution is 2.22. The minimum Gasteiger partial charge on any atom is -0.494 e. The molecule has 0 aliphatic rings. The van der Waals surface area contributed by atoms with Crippen molar-refractivity contribution >= 4 is 23.2 Å². The number of benzene rings is 2. The molecule has 2 aromatic carbocycles. The summed E-state index contributed by atoms with van der Waals surface area (Å²) in [6.07, 6.45) is 0. The van der Waals surface area contributed by atoms with E-state index in [0.717, 1.165) is 22.6 Å². The highest BCUT2D eigenvalue weighted by molar-refractivity contribution is 6.02. The molecule has 0 bridgehead atoms. The van der Waals surface area contributed by atoms with Crippen molar-refractivity contribution in [2.45, 2.75) is 27.7 Å². The monoisotopic (exact) mass is 340 g/mol. The van der Waals surface area contributed by atoms with E-state index in [1.165, 1.54) is 11.8 Å². The molecule has 1 N–H and O–H groups in total. The van der Waals surface area contributed by atoms with Gasteiger partial charge in [-0.3, -0.25) is 9.59 Å². The molecule has 0 saturated carbocycles. The molecule has 2 aromatic rings. The Hall–Kier alpha value is -2.82. The van der Waals surface area contributed by atoms with E-state index < -0.39 is 0 Å². The van der Waals surface area contributed by atoms with Gasteiger partial charge in [0.2, 0.25) is 11.8 Å². The van der Waals surface area contributed by atoms with Crippen molar-refractivity contribution in [3.05, 3.63) is 53.6 Å². The summed E-state index contributed by atoms with van der Waals surface area (Å²) in [5.41, 5.74) is 3.42. The zero-order valence-electron chi connectivity index (χ0n) is 15.1. The summed E-state index contributed by atoms with van der Waals surface area (Å²) in [5, 5.41) is 2.81. The first-order valence-electron chi connectivity index (χ1n) is 8.28. The number of hydrogen-bond acceptors (Lipinski definition) is 3. The average molecular weight is 340 g/mol. The maximum Gasteiger partial charge on any atom is 0.244 e. The number of carbonyl (C=O) groups excluding carboxylic acids is 2. The van der Waals surface area contributed by atoms with Gasteiger partial charge in [-0.1, -0.05) is 12.1 Å². The molecule has 0 heterocycles. The van der Waals surface area contributed by atoms with Crippen LogP contribution in [0.4, 0.5) is 11.4 Å². The van der Waals surface area contributed by atoms with Gasteiger partial charge >= 0.3 is 0 Å². The predicted octanol–water partition coefficient (Wildman–Crippen LogP) is 3.69. The lowest BCUT2D eigenvalue weighted by atomic mass is 10.1. The summed E-state index contributed by atoms with van der Waals surface area (Å²) in [6.45, 7) is 7.82. The van der Waals surface area contributed by atoms with Crippen molar-refractivity contribution in [3.8, 4) is 5.75 Å². The Balaban J connectivity index is 2.10. The van der Waals surface area contributed by atoms with E-state index in [1.54, 1.807) is 24.3 Å². The molecule has 2 rings (SSSR count). The molecule has 0 aliphatic carbocycles. The van der Waals surface area contributed by atoms with Gasteiger partial charge in [0.25, 0.3) is 0 Å². The van der Waals surface area contributed by atoms with E-state index in [4.69, 9.17) is 4.74 Å². The number of ether oxygens (including phenoxy) is 1. The summed E-state index contributed by atoms with van der Waals surface area (Å²) >= 11 is 0. The van der Waals surface area contributed by atoms with E-state index >= 15 is 0 Å². The quantitative estimate of drug-likeness (QED) is 0.872. The van der Waals surface area contributed by atoms with Crippen LogP contribution >= 0.6 is 0 Å². The third-order valence-electron chi connectivity index (χ3n) is 3.79. The number of hydrogen-bond donors (Lipinski definition) is 1. The Kier molecular flexibility index (Phi) is 6.17. The first kappa shape index (κ1) is 18.5. The summed E-state index contributed by atoms with van der Waals surface area (Å²) in [5.74, 6) is 0.331. The second-order valence-electron chi connectivity index (χ2n) is 5.90. The predicted molar refractivity (Wildman–Crippen MR) is 100 cm³/mol. The SMILES string of the molecule is CCOc1ccc(NC(=O)CN(C(C)=O)c2cc(C)ccc2C)cc1. The first-order chi connectivity index (χ1) is 11.9. The molecular weight excluding hydrogens is 316 g/mol. The standard InChI is InChI=1S/C20H24N2O3/c1-5-25-18-10-8-17(9-11-18)21-20(24)13-22(16(4)23)19-12-14(2)6-7-15(19)3/h6-12H,5,13H2,1-4H3,(H,21,24). The molecule has 0 fully saturated rings. The molecule has 2 amide bonds. The van der Waals surface area contributed by atoms with Gasteiger partial charge in [0, 0.05) is 18.3 Å². The third-order valence-corrected chi connectivity index (χ3v) is 3.79. The van der Waals surface area contributed by atoms with Crippen LogP contribution in [0.3, 0.4) is 0 Å². The second kappa shape index (κ2) is 8.33. The zero-order valence-corrected chi connectivity index (χ0v) is 15.1. The van der Waals surface area contributed by atoms with E-state index in [1.807, 2.05) is 39.0 Å². The van der Waals surface area contributed by atoms with Gasteiger partial charge in [0.05, 0.1) is 6.61 Å². The summed E-state index contributed by atoms with van der Waals surface area (Å²) in [7, 11) is 0. The molecule has 0 spiro atoms. The van der Waals surface area contributed by atoms with E-state index in [2.05, 4.69) is 5.32 Å². The van der Waals surface area contributed by atoms with Crippen LogP contribution in [-0.4, -0.2) is 25.0 Å². The minimum absolute atomic E-state index is 0.0349. The fourth-order valence-corrected chi connectivity index (χ4v) is 2.52. The summed E-state index contributed by atoms with van der Waals surface area (Å²) < 4.78 is 5.38. The number of aryl methyl sites for hydroxylation is 2. The number of rotatable bonds is 6. The van der Waals surface area contributed by atoms with Crippen molar-refractivity contribution in [2.24, 2.45) is 0 Å². The Morgan fingerprint density at radius 2 is 1.76 bits per heavy atom. The molecular formula is C20H24N2O3. The molecule has 0 radical (unpaired) electrons. The van der Waals surface area contributed by atoms with Crippen LogP contribution in [0.1, 0.15) is 25.0 Å². The van der Waals surface area contributed by atoms with Crippen LogP contribution in [-0.2, 0) is 9.59 Å². The van der Waals surface area contributed by atoms with Gasteiger partial charge in [-0.05, 0) is 62.2 Å². The third kappa shape index (κ3) is 5.08.